The number of nitrogens with zero attached hydrogens (tertiary/aromatic N) is 5. The van der Waals surface area contributed by atoms with E-state index in [0.29, 0.717) is 29.6 Å². The molecule has 5 heterocycles. The molecule has 0 saturated heterocycles. The molecule has 0 N–H and O–H groups in total. The van der Waals surface area contributed by atoms with Gasteiger partial charge in [0.15, 0.2) is 0 Å². The Hall–Kier alpha value is -16.9. The van der Waals surface area contributed by atoms with Crippen molar-refractivity contribution in [1.82, 2.24) is 22.8 Å². The van der Waals surface area contributed by atoms with Gasteiger partial charge in [0.05, 0.1) is 55.2 Å². The van der Waals surface area contributed by atoms with Crippen LogP contribution in [0.1, 0.15) is 127 Å². The Bertz CT molecular complexity index is 9070. The minimum absolute atomic E-state index is 0.497. The van der Waals surface area contributed by atoms with Gasteiger partial charge in [0, 0.05) is 82.3 Å². The van der Waals surface area contributed by atoms with E-state index in [1.54, 1.807) is 0 Å². The second-order valence-corrected chi connectivity index (χ2v) is 39.2. The average Bonchev–Trinajstić information content (AvgIpc) is 1.59. The second-order valence-electron chi connectivity index (χ2n) is 39.2. The lowest BCUT2D eigenvalue weighted by atomic mass is 9.90. The van der Waals surface area contributed by atoms with E-state index in [0.717, 1.165) is 0 Å². The van der Waals surface area contributed by atoms with Gasteiger partial charge < -0.3 is 22.8 Å². The molecular formula is C137H115N5. The van der Waals surface area contributed by atoms with Gasteiger partial charge in [0.2, 0.25) is 0 Å². The smallest absolute Gasteiger partial charge is 0.0547 e. The third-order valence-corrected chi connectivity index (χ3v) is 28.7. The number of benzene rings is 21. The topological polar surface area (TPSA) is 24.6 Å². The highest BCUT2D eigenvalue weighted by Crippen LogP contribution is 2.45. The molecule has 21 aromatic carbocycles. The van der Waals surface area contributed by atoms with Crippen LogP contribution in [0.2, 0.25) is 0 Å². The minimum Gasteiger partial charge on any atom is -0.309 e. The van der Waals surface area contributed by atoms with E-state index < -0.39 is 0 Å². The molecule has 142 heavy (non-hydrogen) atoms. The van der Waals surface area contributed by atoms with E-state index in [9.17, 15) is 0 Å². The van der Waals surface area contributed by atoms with Crippen molar-refractivity contribution in [3.63, 3.8) is 0 Å². The van der Waals surface area contributed by atoms with E-state index >= 15 is 0 Å². The zero-order valence-electron chi connectivity index (χ0n) is 82.3. The van der Waals surface area contributed by atoms with Gasteiger partial charge in [0.1, 0.15) is 0 Å². The van der Waals surface area contributed by atoms with E-state index in [-0.39, 0.29) is 0 Å². The molecule has 0 fully saturated rings. The number of aromatic nitrogens is 5. The maximum absolute atomic E-state index is 2.39. The number of hydrogen-bond donors (Lipinski definition) is 0. The van der Waals surface area contributed by atoms with Gasteiger partial charge in [-0.2, -0.15) is 0 Å². The first kappa shape index (κ1) is 90.3. The monoisotopic (exact) mass is 1830 g/mol. The molecule has 0 aliphatic heterocycles. The summed E-state index contributed by atoms with van der Waals surface area (Å²) in [6.07, 6.45) is 0. The third-order valence-electron chi connectivity index (χ3n) is 28.7. The molecule has 0 amide bonds. The predicted octanol–water partition coefficient (Wildman–Crippen LogP) is 38.5. The zero-order valence-corrected chi connectivity index (χ0v) is 82.3. The van der Waals surface area contributed by atoms with Crippen LogP contribution in [0, 0.1) is 0 Å². The Balaban J connectivity index is 0.000000102. The molecule has 0 aliphatic carbocycles. The highest BCUT2D eigenvalue weighted by atomic mass is 15.0. The summed E-state index contributed by atoms with van der Waals surface area (Å²) in [5.74, 6) is 2.64. The van der Waals surface area contributed by atoms with Crippen molar-refractivity contribution in [2.24, 2.45) is 0 Å². The van der Waals surface area contributed by atoms with E-state index in [2.05, 4.69) is 577 Å². The number of fused-ring (bicyclic) bond motifs is 17. The lowest BCUT2D eigenvalue weighted by molar-refractivity contribution is 0.867. The Kier molecular flexibility index (Phi) is 24.9. The summed E-state index contributed by atoms with van der Waals surface area (Å²) in [5, 5.41) is 18.3. The van der Waals surface area contributed by atoms with Crippen molar-refractivity contribution in [3.05, 3.63) is 513 Å². The first-order valence-corrected chi connectivity index (χ1v) is 50.3. The molecule has 26 rings (SSSR count). The Labute approximate surface area is 832 Å². The lowest BCUT2D eigenvalue weighted by Gasteiger charge is -2.14. The van der Waals surface area contributed by atoms with Gasteiger partial charge in [-0.1, -0.05) is 421 Å². The molecule has 0 bridgehead atoms. The van der Waals surface area contributed by atoms with E-state index in [1.807, 2.05) is 0 Å². The highest BCUT2D eigenvalue weighted by molar-refractivity contribution is 6.16. The summed E-state index contributed by atoms with van der Waals surface area (Å²) in [5.41, 5.74) is 35.6. The summed E-state index contributed by atoms with van der Waals surface area (Å²) in [4.78, 5) is 0. The lowest BCUT2D eigenvalue weighted by Crippen LogP contribution is -1.94. The van der Waals surface area contributed by atoms with Gasteiger partial charge in [-0.05, 0) is 257 Å². The van der Waals surface area contributed by atoms with Gasteiger partial charge in [-0.15, -0.1) is 0 Å². The van der Waals surface area contributed by atoms with Gasteiger partial charge in [-0.3, -0.25) is 0 Å². The Morgan fingerprint density at radius 3 is 0.683 bits per heavy atom. The first-order valence-electron chi connectivity index (χ1n) is 50.3. The standard InChI is InChI=1S/2C31H25N.2C27H23N.C21H19N/c1-21(2)24-17-18-25(27-13-7-6-12-26(24)27)22-16-19-31-29(20-22)28-14-8-9-15-30(28)32(31)23-10-4-3-5-11-23;1-21(2)24-18-19-25(27-13-7-6-12-26(24)27)22-16-17-29-28-14-8-9-15-30(28)32(31(29)20-22)23-10-4-3-5-11-23;1-19(2)20-12-14-21(15-13-20)22-16-17-27-25(18-22)24-10-6-7-11-26(24)28(27)23-8-4-3-5-9-23;1-19(2)20-12-14-21(15-13-20)22-16-17-25-24-10-6-7-11-26(24)28(27(25)18-22)23-8-4-3-5-9-23;1-15(2)16-12-13-19-18-10-6-7-11-20(18)22(21(19)14-16)17-8-4-3-5-9-17/h2*3-21H,1-2H3;2*3-19H,1-2H3;3-15H,1-2H3. The van der Waals surface area contributed by atoms with Gasteiger partial charge in [0.25, 0.3) is 0 Å². The largest absolute Gasteiger partial charge is 0.309 e. The SMILES string of the molecule is CC(C)c1ccc(-c2ccc3c(c2)c2ccccc2n3-c2ccccc2)c2ccccc12.CC(C)c1ccc(-c2ccc3c(c2)c2ccccc2n3-c2ccccc2)cc1.CC(C)c1ccc(-c2ccc3c4ccccc4n(-c4ccccc4)c3c2)c2ccccc12.CC(C)c1ccc(-c2ccc3c4ccccc4n(-c4ccccc4)c3c2)cc1.CC(C)c1ccc2c3ccccc3n(-c3ccccc3)c2c1. The normalized spacial score (nSPS) is 11.6. The summed E-state index contributed by atoms with van der Waals surface area (Å²) in [6, 6.07) is 176. The Morgan fingerprint density at radius 1 is 0.127 bits per heavy atom. The molecular weight excluding hydrogens is 1720 g/mol. The van der Waals surface area contributed by atoms with Gasteiger partial charge >= 0.3 is 0 Å². The van der Waals surface area contributed by atoms with Crippen LogP contribution in [0.15, 0.2) is 485 Å². The second kappa shape index (κ2) is 39.2. The van der Waals surface area contributed by atoms with Crippen molar-refractivity contribution in [3.8, 4) is 72.9 Å². The van der Waals surface area contributed by atoms with E-state index in [4.69, 9.17) is 0 Å². The summed E-state index contributed by atoms with van der Waals surface area (Å²) in [6.45, 7) is 22.5. The van der Waals surface area contributed by atoms with Crippen LogP contribution in [-0.4, -0.2) is 22.8 Å². The highest BCUT2D eigenvalue weighted by Gasteiger charge is 2.23. The zero-order chi connectivity index (χ0) is 96.6. The average molecular weight is 1830 g/mol. The van der Waals surface area contributed by atoms with Gasteiger partial charge in [-0.25, -0.2) is 0 Å². The predicted molar refractivity (Wildman–Crippen MR) is 611 cm³/mol. The van der Waals surface area contributed by atoms with Crippen LogP contribution in [0.5, 0.6) is 0 Å². The quantitative estimate of drug-likeness (QED) is 0.104. The summed E-state index contributed by atoms with van der Waals surface area (Å²) < 4.78 is 11.9. The maximum atomic E-state index is 2.39. The van der Waals surface area contributed by atoms with Crippen molar-refractivity contribution < 1.29 is 0 Å². The fraction of sp³-hybridized carbons (Fsp3) is 0.109. The van der Waals surface area contributed by atoms with Crippen LogP contribution in [0.25, 0.3) is 204 Å². The van der Waals surface area contributed by atoms with Crippen LogP contribution in [-0.2, 0) is 0 Å². The molecule has 26 aromatic rings. The van der Waals surface area contributed by atoms with Crippen LogP contribution in [0.3, 0.4) is 0 Å². The molecule has 5 heteroatoms. The van der Waals surface area contributed by atoms with Crippen molar-refractivity contribution in [2.75, 3.05) is 0 Å². The molecule has 688 valence electrons. The third kappa shape index (κ3) is 17.2. The minimum atomic E-state index is 0.497. The van der Waals surface area contributed by atoms with Crippen molar-refractivity contribution in [2.45, 2.75) is 98.8 Å². The van der Waals surface area contributed by atoms with E-state index in [1.165, 1.54) is 231 Å². The molecule has 0 unspecified atom stereocenters. The maximum Gasteiger partial charge on any atom is 0.0547 e. The number of hydrogen-bond acceptors (Lipinski definition) is 0. The molecule has 0 aliphatic rings. The molecule has 0 spiro atoms. The Morgan fingerprint density at radius 2 is 0.345 bits per heavy atom. The summed E-state index contributed by atoms with van der Waals surface area (Å²) >= 11 is 0. The molecule has 0 saturated carbocycles. The molecule has 0 atom stereocenters. The molecule has 5 nitrogen and oxygen atoms in total. The molecule has 0 radical (unpaired) electrons. The summed E-state index contributed by atoms with van der Waals surface area (Å²) in [7, 11) is 0. The van der Waals surface area contributed by atoms with Crippen LogP contribution >= 0.6 is 0 Å². The van der Waals surface area contributed by atoms with Crippen LogP contribution in [0.4, 0.5) is 0 Å². The molecule has 5 aromatic heterocycles. The van der Waals surface area contributed by atoms with Crippen LogP contribution < -0.4 is 0 Å². The first-order chi connectivity index (χ1) is 69.6. The van der Waals surface area contributed by atoms with Crippen molar-refractivity contribution >= 4 is 131 Å². The fourth-order valence-electron chi connectivity index (χ4n) is 21.5. The number of para-hydroxylation sites is 10. The number of rotatable bonds is 14. The fourth-order valence-corrected chi connectivity index (χ4v) is 21.5. The van der Waals surface area contributed by atoms with Crippen molar-refractivity contribution in [1.29, 1.82) is 0 Å².